The van der Waals surface area contributed by atoms with Crippen molar-refractivity contribution in [3.8, 4) is 11.8 Å². The normalized spacial score (nSPS) is 18.9. The second-order valence-electron chi connectivity index (χ2n) is 4.15. The fourth-order valence-corrected chi connectivity index (χ4v) is 2.79. The summed E-state index contributed by atoms with van der Waals surface area (Å²) in [5.74, 6) is 5.51. The van der Waals surface area contributed by atoms with Crippen LogP contribution in [0.25, 0.3) is 0 Å². The summed E-state index contributed by atoms with van der Waals surface area (Å²) in [5.41, 5.74) is 0.714. The van der Waals surface area contributed by atoms with Crippen molar-refractivity contribution in [1.29, 1.82) is 0 Å². The van der Waals surface area contributed by atoms with Crippen LogP contribution in [-0.4, -0.2) is 35.1 Å². The Morgan fingerprint density at radius 2 is 2.53 bits per heavy atom. The molecule has 2 heterocycles. The first-order valence-corrected chi connectivity index (χ1v) is 6.59. The molecule has 90 valence electrons. The van der Waals surface area contributed by atoms with Crippen LogP contribution in [0.15, 0.2) is 11.4 Å². The average molecular weight is 249 g/mol. The number of aliphatic hydroxyl groups is 1. The number of hydrogen-bond donors (Lipinski definition) is 1. The quantitative estimate of drug-likeness (QED) is 0.770. The van der Waals surface area contributed by atoms with Crippen LogP contribution in [0.3, 0.4) is 0 Å². The first-order valence-electron chi connectivity index (χ1n) is 5.71. The number of rotatable bonds is 1. The predicted octanol–water partition coefficient (Wildman–Crippen LogP) is 1.72. The van der Waals surface area contributed by atoms with E-state index in [9.17, 15) is 4.79 Å². The van der Waals surface area contributed by atoms with Crippen molar-refractivity contribution in [2.75, 3.05) is 13.2 Å². The van der Waals surface area contributed by atoms with Gasteiger partial charge in [0, 0.05) is 18.0 Å². The fraction of sp³-hybridized carbons (Fsp3) is 0.462. The highest BCUT2D eigenvalue weighted by molar-refractivity contribution is 7.10. The molecule has 1 atom stereocenters. The van der Waals surface area contributed by atoms with Gasteiger partial charge in [0.25, 0.3) is 5.91 Å². The molecule has 0 saturated carbocycles. The molecule has 1 aromatic rings. The first kappa shape index (κ1) is 12.2. The van der Waals surface area contributed by atoms with E-state index in [2.05, 4.69) is 18.8 Å². The smallest absolute Gasteiger partial charge is 0.254 e. The SMILES string of the molecule is CC1CCCN1C(=O)c1csc(C#CCO)c1. The van der Waals surface area contributed by atoms with Gasteiger partial charge in [0.05, 0.1) is 10.4 Å². The molecule has 0 radical (unpaired) electrons. The molecular formula is C13H15NO2S. The van der Waals surface area contributed by atoms with E-state index < -0.39 is 0 Å². The van der Waals surface area contributed by atoms with Crippen molar-refractivity contribution in [3.05, 3.63) is 21.9 Å². The molecule has 1 aliphatic heterocycles. The summed E-state index contributed by atoms with van der Waals surface area (Å²) < 4.78 is 0. The zero-order valence-corrected chi connectivity index (χ0v) is 10.6. The summed E-state index contributed by atoms with van der Waals surface area (Å²) in [5, 5.41) is 10.4. The molecule has 1 amide bonds. The Kier molecular flexibility index (Phi) is 3.82. The van der Waals surface area contributed by atoms with E-state index in [-0.39, 0.29) is 12.5 Å². The molecular weight excluding hydrogens is 234 g/mol. The highest BCUT2D eigenvalue weighted by Gasteiger charge is 2.26. The molecule has 0 aliphatic carbocycles. The highest BCUT2D eigenvalue weighted by atomic mass is 32.1. The van der Waals surface area contributed by atoms with E-state index in [1.165, 1.54) is 11.3 Å². The van der Waals surface area contributed by atoms with Crippen molar-refractivity contribution in [2.45, 2.75) is 25.8 Å². The molecule has 1 N–H and O–H groups in total. The second-order valence-corrected chi connectivity index (χ2v) is 5.06. The number of carbonyl (C=O) groups is 1. The third-order valence-corrected chi connectivity index (χ3v) is 3.80. The molecule has 3 nitrogen and oxygen atoms in total. The number of thiophene rings is 1. The van der Waals surface area contributed by atoms with Gasteiger partial charge in [-0.15, -0.1) is 11.3 Å². The van der Waals surface area contributed by atoms with Gasteiger partial charge in [-0.25, -0.2) is 0 Å². The molecule has 2 rings (SSSR count). The van der Waals surface area contributed by atoms with Gasteiger partial charge in [-0.05, 0) is 25.8 Å². The highest BCUT2D eigenvalue weighted by Crippen LogP contribution is 2.22. The number of amides is 1. The molecule has 17 heavy (non-hydrogen) atoms. The van der Waals surface area contributed by atoms with Gasteiger partial charge in [0.1, 0.15) is 6.61 Å². The number of aliphatic hydroxyl groups excluding tert-OH is 1. The van der Waals surface area contributed by atoms with Crippen LogP contribution in [-0.2, 0) is 0 Å². The minimum atomic E-state index is -0.148. The Labute approximate surface area is 105 Å². The van der Waals surface area contributed by atoms with E-state index in [1.807, 2.05) is 10.3 Å². The third kappa shape index (κ3) is 2.68. The number of nitrogens with zero attached hydrogens (tertiary/aromatic N) is 1. The average Bonchev–Trinajstić information content (AvgIpc) is 2.94. The molecule has 1 aliphatic rings. The Hall–Kier alpha value is -1.31. The minimum Gasteiger partial charge on any atom is -0.384 e. The Bertz CT molecular complexity index is 469. The van der Waals surface area contributed by atoms with Crippen molar-refractivity contribution in [2.24, 2.45) is 0 Å². The molecule has 1 aromatic heterocycles. The lowest BCUT2D eigenvalue weighted by atomic mass is 10.2. The molecule has 4 heteroatoms. The number of likely N-dealkylation sites (tertiary alicyclic amines) is 1. The van der Waals surface area contributed by atoms with Crippen molar-refractivity contribution in [3.63, 3.8) is 0 Å². The summed E-state index contributed by atoms with van der Waals surface area (Å²) in [7, 11) is 0. The molecule has 0 spiro atoms. The summed E-state index contributed by atoms with van der Waals surface area (Å²) in [6.07, 6.45) is 2.18. The molecule has 1 unspecified atom stereocenters. The summed E-state index contributed by atoms with van der Waals surface area (Å²) >= 11 is 1.45. The number of carbonyl (C=O) groups excluding carboxylic acids is 1. The molecule has 0 bridgehead atoms. The van der Waals surface area contributed by atoms with Crippen molar-refractivity contribution >= 4 is 17.2 Å². The van der Waals surface area contributed by atoms with Crippen LogP contribution in [0.1, 0.15) is 35.0 Å². The van der Waals surface area contributed by atoms with Crippen LogP contribution >= 0.6 is 11.3 Å². The monoisotopic (exact) mass is 249 g/mol. The lowest BCUT2D eigenvalue weighted by Gasteiger charge is -2.20. The predicted molar refractivity (Wildman–Crippen MR) is 68.0 cm³/mol. The molecule has 1 fully saturated rings. The van der Waals surface area contributed by atoms with Gasteiger partial charge in [0.15, 0.2) is 0 Å². The zero-order valence-electron chi connectivity index (χ0n) is 9.77. The molecule has 0 aromatic carbocycles. The van der Waals surface area contributed by atoms with Gasteiger partial charge in [-0.3, -0.25) is 4.79 Å². The zero-order chi connectivity index (χ0) is 12.3. The standard InChI is InChI=1S/C13H15NO2S/c1-10-4-2-6-14(10)13(16)11-8-12(17-9-11)5-3-7-15/h8-10,15H,2,4,6-7H2,1H3. The second kappa shape index (κ2) is 5.35. The van der Waals surface area contributed by atoms with E-state index in [0.717, 1.165) is 24.3 Å². The molecule has 1 saturated heterocycles. The van der Waals surface area contributed by atoms with Crippen LogP contribution < -0.4 is 0 Å². The topological polar surface area (TPSA) is 40.5 Å². The van der Waals surface area contributed by atoms with Crippen LogP contribution in [0.5, 0.6) is 0 Å². The summed E-state index contributed by atoms with van der Waals surface area (Å²) in [4.78, 5) is 14.9. The van der Waals surface area contributed by atoms with Gasteiger partial charge < -0.3 is 10.0 Å². The van der Waals surface area contributed by atoms with Crippen LogP contribution in [0, 0.1) is 11.8 Å². The van der Waals surface area contributed by atoms with E-state index >= 15 is 0 Å². The van der Waals surface area contributed by atoms with E-state index in [4.69, 9.17) is 5.11 Å². The Morgan fingerprint density at radius 3 is 3.18 bits per heavy atom. The van der Waals surface area contributed by atoms with Crippen molar-refractivity contribution < 1.29 is 9.90 Å². The first-order chi connectivity index (χ1) is 8.22. The van der Waals surface area contributed by atoms with Gasteiger partial charge in [-0.2, -0.15) is 0 Å². The summed E-state index contributed by atoms with van der Waals surface area (Å²) in [6.45, 7) is 2.79. The van der Waals surface area contributed by atoms with Gasteiger partial charge >= 0.3 is 0 Å². The van der Waals surface area contributed by atoms with Crippen LogP contribution in [0.2, 0.25) is 0 Å². The maximum Gasteiger partial charge on any atom is 0.254 e. The van der Waals surface area contributed by atoms with Gasteiger partial charge in [0.2, 0.25) is 0 Å². The van der Waals surface area contributed by atoms with E-state index in [0.29, 0.717) is 11.6 Å². The lowest BCUT2D eigenvalue weighted by molar-refractivity contribution is 0.0748. The van der Waals surface area contributed by atoms with Gasteiger partial charge in [-0.1, -0.05) is 11.8 Å². The maximum atomic E-state index is 12.2. The third-order valence-electron chi connectivity index (χ3n) is 2.95. The van der Waals surface area contributed by atoms with Crippen molar-refractivity contribution in [1.82, 2.24) is 4.90 Å². The largest absolute Gasteiger partial charge is 0.384 e. The lowest BCUT2D eigenvalue weighted by Crippen LogP contribution is -2.33. The fourth-order valence-electron chi connectivity index (χ4n) is 2.04. The minimum absolute atomic E-state index is 0.100. The summed E-state index contributed by atoms with van der Waals surface area (Å²) in [6, 6.07) is 2.15. The number of hydrogen-bond acceptors (Lipinski definition) is 3. The Morgan fingerprint density at radius 1 is 1.71 bits per heavy atom. The van der Waals surface area contributed by atoms with Crippen LogP contribution in [0.4, 0.5) is 0 Å². The van der Waals surface area contributed by atoms with E-state index in [1.54, 1.807) is 6.07 Å². The maximum absolute atomic E-state index is 12.2. The Balaban J connectivity index is 2.12.